The van der Waals surface area contributed by atoms with Crippen molar-refractivity contribution in [2.45, 2.75) is 70.1 Å². The Hall–Kier alpha value is 0.310. The zero-order valence-electron chi connectivity index (χ0n) is 10.4. The van der Waals surface area contributed by atoms with Crippen LogP contribution in [0.3, 0.4) is 0 Å². The van der Waals surface area contributed by atoms with E-state index >= 15 is 0 Å². The van der Waals surface area contributed by atoms with Crippen LogP contribution in [-0.4, -0.2) is 17.0 Å². The maximum absolute atomic E-state index is 6.24. The monoisotopic (exact) mass is 229 g/mol. The van der Waals surface area contributed by atoms with Gasteiger partial charge in [-0.05, 0) is 30.9 Å². The second-order valence-electron chi connectivity index (χ2n) is 5.25. The number of hydrogen-bond acceptors (Lipinski definition) is 2. The smallest absolute Gasteiger partial charge is 0.0199 e. The van der Waals surface area contributed by atoms with Gasteiger partial charge in [0.25, 0.3) is 0 Å². The second-order valence-corrected chi connectivity index (χ2v) is 6.59. The Kier molecular flexibility index (Phi) is 6.74. The Morgan fingerprint density at radius 2 is 1.80 bits per heavy atom. The first kappa shape index (κ1) is 13.4. The fraction of sp³-hybridized carbons (Fsp3) is 1.00. The molecule has 2 unspecified atom stereocenters. The fourth-order valence-corrected chi connectivity index (χ4v) is 3.77. The quantitative estimate of drug-likeness (QED) is 0.793. The largest absolute Gasteiger partial charge is 0.327 e. The average molecular weight is 229 g/mol. The van der Waals surface area contributed by atoms with Crippen LogP contribution in [0, 0.1) is 5.92 Å². The van der Waals surface area contributed by atoms with E-state index in [1.807, 2.05) is 0 Å². The predicted molar refractivity (Wildman–Crippen MR) is 71.4 cm³/mol. The van der Waals surface area contributed by atoms with Crippen molar-refractivity contribution in [1.82, 2.24) is 0 Å². The lowest BCUT2D eigenvalue weighted by Gasteiger charge is -2.26. The molecule has 1 fully saturated rings. The third-order valence-electron chi connectivity index (χ3n) is 3.28. The molecule has 1 saturated carbocycles. The van der Waals surface area contributed by atoms with Gasteiger partial charge in [0.15, 0.2) is 0 Å². The molecular formula is C13H27NS. The van der Waals surface area contributed by atoms with Crippen molar-refractivity contribution in [3.63, 3.8) is 0 Å². The van der Waals surface area contributed by atoms with Crippen molar-refractivity contribution in [1.29, 1.82) is 0 Å². The van der Waals surface area contributed by atoms with Gasteiger partial charge < -0.3 is 5.73 Å². The summed E-state index contributed by atoms with van der Waals surface area (Å²) < 4.78 is 0. The van der Waals surface area contributed by atoms with Crippen molar-refractivity contribution >= 4 is 11.8 Å². The number of thioether (sulfide) groups is 1. The summed E-state index contributed by atoms with van der Waals surface area (Å²) in [6, 6.07) is 0.461. The maximum Gasteiger partial charge on any atom is 0.0199 e. The van der Waals surface area contributed by atoms with E-state index in [2.05, 4.69) is 25.6 Å². The molecule has 0 radical (unpaired) electrons. The van der Waals surface area contributed by atoms with Crippen LogP contribution in [0.25, 0.3) is 0 Å². The zero-order chi connectivity index (χ0) is 11.1. The molecule has 1 nitrogen and oxygen atoms in total. The molecule has 2 N–H and O–H groups in total. The lowest BCUT2D eigenvalue weighted by Crippen LogP contribution is -2.33. The van der Waals surface area contributed by atoms with Crippen LogP contribution in [0.15, 0.2) is 0 Å². The molecule has 15 heavy (non-hydrogen) atoms. The van der Waals surface area contributed by atoms with Gasteiger partial charge in [0, 0.05) is 11.3 Å². The van der Waals surface area contributed by atoms with Gasteiger partial charge in [0.05, 0.1) is 0 Å². The molecule has 0 aromatic carbocycles. The Labute approximate surface area is 99.6 Å². The molecule has 0 bridgehead atoms. The van der Waals surface area contributed by atoms with Crippen molar-refractivity contribution in [3.05, 3.63) is 0 Å². The summed E-state index contributed by atoms with van der Waals surface area (Å²) in [7, 11) is 0. The van der Waals surface area contributed by atoms with Gasteiger partial charge in [-0.2, -0.15) is 11.8 Å². The number of hydrogen-bond donors (Lipinski definition) is 1. The van der Waals surface area contributed by atoms with E-state index in [9.17, 15) is 0 Å². The predicted octanol–water partition coefficient (Wildman–Crippen LogP) is 3.82. The molecule has 0 aromatic heterocycles. The summed E-state index contributed by atoms with van der Waals surface area (Å²) in [4.78, 5) is 0. The highest BCUT2D eigenvalue weighted by molar-refractivity contribution is 7.99. The average Bonchev–Trinajstić information content (AvgIpc) is 2.16. The van der Waals surface area contributed by atoms with Crippen LogP contribution in [0.4, 0.5) is 0 Å². The minimum absolute atomic E-state index is 0.461. The summed E-state index contributed by atoms with van der Waals surface area (Å²) in [5.41, 5.74) is 6.24. The van der Waals surface area contributed by atoms with Gasteiger partial charge in [-0.15, -0.1) is 0 Å². The lowest BCUT2D eigenvalue weighted by molar-refractivity contribution is 0.463. The molecule has 1 aliphatic rings. The van der Waals surface area contributed by atoms with Crippen LogP contribution in [0.1, 0.15) is 58.8 Å². The van der Waals surface area contributed by atoms with Gasteiger partial charge in [0.2, 0.25) is 0 Å². The first-order valence-corrected chi connectivity index (χ1v) is 7.62. The summed E-state index contributed by atoms with van der Waals surface area (Å²) in [5.74, 6) is 2.14. The normalized spacial score (nSPS) is 28.8. The highest BCUT2D eigenvalue weighted by atomic mass is 32.2. The summed E-state index contributed by atoms with van der Waals surface area (Å²) in [6.07, 6.45) is 9.51. The van der Waals surface area contributed by atoms with Gasteiger partial charge in [-0.25, -0.2) is 0 Å². The maximum atomic E-state index is 6.24. The van der Waals surface area contributed by atoms with E-state index in [4.69, 9.17) is 5.73 Å². The zero-order valence-corrected chi connectivity index (χ0v) is 11.2. The Balaban J connectivity index is 2.22. The third-order valence-corrected chi connectivity index (χ3v) is 4.77. The van der Waals surface area contributed by atoms with Gasteiger partial charge in [-0.1, -0.05) is 39.5 Å². The number of rotatable bonds is 4. The standard InChI is InChI=1S/C13H27NS/c1-11(2)9-10-15-13-8-6-4-3-5-7-12(13)14/h11-13H,3-10,14H2,1-2H3. The Bertz CT molecular complexity index is 159. The second kappa shape index (κ2) is 7.56. The van der Waals surface area contributed by atoms with Crippen molar-refractivity contribution < 1.29 is 0 Å². The molecule has 0 aliphatic heterocycles. The lowest BCUT2D eigenvalue weighted by atomic mass is 9.97. The topological polar surface area (TPSA) is 26.0 Å². The van der Waals surface area contributed by atoms with Gasteiger partial charge >= 0.3 is 0 Å². The molecule has 2 atom stereocenters. The minimum atomic E-state index is 0.461. The summed E-state index contributed by atoms with van der Waals surface area (Å²) in [5, 5.41) is 0.740. The van der Waals surface area contributed by atoms with Crippen LogP contribution in [-0.2, 0) is 0 Å². The molecule has 0 amide bonds. The summed E-state index contributed by atoms with van der Waals surface area (Å²) >= 11 is 2.13. The van der Waals surface area contributed by atoms with E-state index in [0.717, 1.165) is 11.2 Å². The van der Waals surface area contributed by atoms with Crippen molar-refractivity contribution in [2.24, 2.45) is 11.7 Å². The van der Waals surface area contributed by atoms with E-state index < -0.39 is 0 Å². The number of nitrogens with two attached hydrogens (primary N) is 1. The van der Waals surface area contributed by atoms with E-state index in [0.29, 0.717) is 6.04 Å². The van der Waals surface area contributed by atoms with Crippen LogP contribution < -0.4 is 5.73 Å². The molecule has 0 saturated heterocycles. The highest BCUT2D eigenvalue weighted by Gasteiger charge is 2.19. The first-order valence-electron chi connectivity index (χ1n) is 6.57. The fourth-order valence-electron chi connectivity index (χ4n) is 2.14. The van der Waals surface area contributed by atoms with Crippen LogP contribution in [0.5, 0.6) is 0 Å². The third kappa shape index (κ3) is 5.82. The molecule has 1 aliphatic carbocycles. The van der Waals surface area contributed by atoms with Gasteiger partial charge in [-0.3, -0.25) is 0 Å². The van der Waals surface area contributed by atoms with E-state index in [1.54, 1.807) is 0 Å². The summed E-state index contributed by atoms with van der Waals surface area (Å²) in [6.45, 7) is 4.61. The highest BCUT2D eigenvalue weighted by Crippen LogP contribution is 2.27. The van der Waals surface area contributed by atoms with E-state index in [-0.39, 0.29) is 0 Å². The van der Waals surface area contributed by atoms with Crippen molar-refractivity contribution in [2.75, 3.05) is 5.75 Å². The molecule has 0 aromatic rings. The molecular weight excluding hydrogens is 202 g/mol. The molecule has 0 heterocycles. The first-order chi connectivity index (χ1) is 7.20. The Morgan fingerprint density at radius 3 is 2.47 bits per heavy atom. The SMILES string of the molecule is CC(C)CCSC1CCCCCCC1N. The molecule has 2 heteroatoms. The minimum Gasteiger partial charge on any atom is -0.327 e. The van der Waals surface area contributed by atoms with Gasteiger partial charge in [0.1, 0.15) is 0 Å². The van der Waals surface area contributed by atoms with Crippen molar-refractivity contribution in [3.8, 4) is 0 Å². The molecule has 1 rings (SSSR count). The van der Waals surface area contributed by atoms with Crippen LogP contribution >= 0.6 is 11.8 Å². The van der Waals surface area contributed by atoms with E-state index in [1.165, 1.54) is 50.7 Å². The molecule has 0 spiro atoms. The van der Waals surface area contributed by atoms with Crippen LogP contribution in [0.2, 0.25) is 0 Å². The Morgan fingerprint density at radius 1 is 1.13 bits per heavy atom. The molecule has 90 valence electrons.